The summed E-state index contributed by atoms with van der Waals surface area (Å²) in [6, 6.07) is 13.9. The van der Waals surface area contributed by atoms with Crippen molar-refractivity contribution >= 4 is 35.0 Å². The molecule has 0 bridgehead atoms. The molecular weight excluding hydrogens is 328 g/mol. The van der Waals surface area contributed by atoms with Crippen molar-refractivity contribution in [2.75, 3.05) is 17.2 Å². The maximum Gasteiger partial charge on any atom is 0.262 e. The number of nitrogens with one attached hydrogen (secondary N) is 1. The minimum Gasteiger partial charge on any atom is -0.305 e. The van der Waals surface area contributed by atoms with E-state index in [9.17, 15) is 4.79 Å². The van der Waals surface area contributed by atoms with Crippen LogP contribution in [-0.4, -0.2) is 18.2 Å². The lowest BCUT2D eigenvalue weighted by molar-refractivity contribution is -0.121. The lowest BCUT2D eigenvalue weighted by Crippen LogP contribution is -2.44. The second kappa shape index (κ2) is 5.55. The van der Waals surface area contributed by atoms with Crippen molar-refractivity contribution in [2.24, 2.45) is 0 Å². The van der Waals surface area contributed by atoms with Gasteiger partial charge in [0, 0.05) is 22.9 Å². The Labute approximate surface area is 145 Å². The third-order valence-corrected chi connectivity index (χ3v) is 6.20. The number of carbonyl (C=O) groups excluding carboxylic acids is 1. The van der Waals surface area contributed by atoms with Crippen LogP contribution in [0, 0.1) is 6.92 Å². The fraction of sp³-hybridized carbons (Fsp3) is 0.278. The molecule has 4 rings (SSSR count). The molecule has 1 atom stereocenters. The number of thioether (sulfide) groups is 1. The molecule has 0 aliphatic carbocycles. The van der Waals surface area contributed by atoms with Crippen molar-refractivity contribution in [3.8, 4) is 0 Å². The molecule has 1 amide bonds. The number of aryl methyl sites for hydroxylation is 1. The monoisotopic (exact) mass is 344 g/mol. The molecule has 5 heteroatoms. The molecule has 0 radical (unpaired) electrons. The molecule has 3 nitrogen and oxygen atoms in total. The van der Waals surface area contributed by atoms with Crippen molar-refractivity contribution in [1.29, 1.82) is 0 Å². The number of nitrogens with zero attached hydrogens (tertiary/aromatic N) is 1. The summed E-state index contributed by atoms with van der Waals surface area (Å²) in [5.41, 5.74) is 4.21. The Morgan fingerprint density at radius 1 is 1.30 bits per heavy atom. The van der Waals surface area contributed by atoms with E-state index in [0.29, 0.717) is 11.6 Å². The van der Waals surface area contributed by atoms with Crippen molar-refractivity contribution in [3.05, 3.63) is 64.2 Å². The maximum atomic E-state index is 13.2. The Bertz CT molecular complexity index is 786. The summed E-state index contributed by atoms with van der Waals surface area (Å²) in [5, 5.41) is 4.13. The number of fused-ring (bicyclic) bond motifs is 2. The Morgan fingerprint density at radius 2 is 2.13 bits per heavy atom. The van der Waals surface area contributed by atoms with Gasteiger partial charge in [-0.25, -0.2) is 0 Å². The van der Waals surface area contributed by atoms with E-state index in [-0.39, 0.29) is 5.91 Å². The molecule has 2 aliphatic heterocycles. The number of benzene rings is 2. The van der Waals surface area contributed by atoms with Gasteiger partial charge in [0.2, 0.25) is 0 Å². The lowest BCUT2D eigenvalue weighted by Gasteiger charge is -2.23. The predicted molar refractivity (Wildman–Crippen MR) is 96.0 cm³/mol. The highest BCUT2D eigenvalue weighted by Crippen LogP contribution is 2.50. The molecule has 2 aromatic rings. The predicted octanol–water partition coefficient (Wildman–Crippen LogP) is 3.68. The zero-order chi connectivity index (χ0) is 16.0. The second-order valence-electron chi connectivity index (χ2n) is 5.96. The first-order valence-corrected chi connectivity index (χ1v) is 9.04. The van der Waals surface area contributed by atoms with Gasteiger partial charge < -0.3 is 4.90 Å². The van der Waals surface area contributed by atoms with Gasteiger partial charge in [-0.1, -0.05) is 47.5 Å². The maximum absolute atomic E-state index is 13.2. The van der Waals surface area contributed by atoms with Gasteiger partial charge in [0.05, 0.1) is 12.2 Å². The van der Waals surface area contributed by atoms with Crippen LogP contribution in [0.25, 0.3) is 0 Å². The third kappa shape index (κ3) is 2.28. The first-order valence-electron chi connectivity index (χ1n) is 7.67. The lowest BCUT2D eigenvalue weighted by atomic mass is 10.0. The van der Waals surface area contributed by atoms with E-state index in [1.807, 2.05) is 29.2 Å². The molecule has 0 aromatic heterocycles. The van der Waals surface area contributed by atoms with Crippen LogP contribution in [0.3, 0.4) is 0 Å². The molecule has 118 valence electrons. The van der Waals surface area contributed by atoms with Crippen LogP contribution < -0.4 is 10.2 Å². The van der Waals surface area contributed by atoms with Crippen molar-refractivity contribution < 1.29 is 4.79 Å². The molecule has 23 heavy (non-hydrogen) atoms. The zero-order valence-electron chi connectivity index (χ0n) is 12.8. The molecule has 2 heterocycles. The number of hydrogen-bond donors (Lipinski definition) is 1. The van der Waals surface area contributed by atoms with Crippen molar-refractivity contribution in [2.45, 2.75) is 18.3 Å². The van der Waals surface area contributed by atoms with E-state index in [2.05, 4.69) is 30.4 Å². The molecule has 2 aromatic carbocycles. The molecule has 1 N–H and O–H groups in total. The van der Waals surface area contributed by atoms with Crippen LogP contribution in [0.1, 0.15) is 16.7 Å². The highest BCUT2D eigenvalue weighted by Gasteiger charge is 2.53. The highest BCUT2D eigenvalue weighted by molar-refractivity contribution is 8.01. The summed E-state index contributed by atoms with van der Waals surface area (Å²) in [6.45, 7) is 3.41. The first-order chi connectivity index (χ1) is 11.1. The minimum atomic E-state index is -0.622. The van der Waals surface area contributed by atoms with Crippen LogP contribution in [0.2, 0.25) is 5.02 Å². The number of anilines is 1. The number of hydrogen-bond acceptors (Lipinski definition) is 3. The van der Waals surface area contributed by atoms with Crippen LogP contribution in [0.5, 0.6) is 0 Å². The fourth-order valence-corrected chi connectivity index (χ4v) is 4.79. The van der Waals surface area contributed by atoms with Gasteiger partial charge in [-0.05, 0) is 24.6 Å². The minimum absolute atomic E-state index is 0.112. The van der Waals surface area contributed by atoms with Crippen LogP contribution in [0.15, 0.2) is 42.5 Å². The molecule has 1 spiro atoms. The van der Waals surface area contributed by atoms with Crippen molar-refractivity contribution in [3.63, 3.8) is 0 Å². The number of halogens is 1. The SMILES string of the molecule is Cc1ccc2c(c1)C1(NCCS1)C(=O)N2Cc1ccccc1Cl. The largest absolute Gasteiger partial charge is 0.305 e. The molecular formula is C18H17ClN2OS. The highest BCUT2D eigenvalue weighted by atomic mass is 35.5. The van der Waals surface area contributed by atoms with E-state index >= 15 is 0 Å². The quantitative estimate of drug-likeness (QED) is 0.901. The topological polar surface area (TPSA) is 32.3 Å². The molecule has 1 saturated heterocycles. The first kappa shape index (κ1) is 15.1. The number of carbonyl (C=O) groups is 1. The smallest absolute Gasteiger partial charge is 0.262 e. The average Bonchev–Trinajstić information content (AvgIpc) is 3.11. The standard InChI is InChI=1S/C18H17ClN2OS/c1-12-6-7-16-14(10-12)18(20-8-9-23-18)17(22)21(16)11-13-4-2-3-5-15(13)19/h2-7,10,20H,8-9,11H2,1H3. The Hall–Kier alpha value is -1.49. The van der Waals surface area contributed by atoms with Crippen LogP contribution in [-0.2, 0) is 16.2 Å². The number of amides is 1. The van der Waals surface area contributed by atoms with Gasteiger partial charge >= 0.3 is 0 Å². The summed E-state index contributed by atoms with van der Waals surface area (Å²) >= 11 is 7.99. The summed E-state index contributed by atoms with van der Waals surface area (Å²) in [4.78, 5) is 14.5. The van der Waals surface area contributed by atoms with Crippen LogP contribution in [0.4, 0.5) is 5.69 Å². The van der Waals surface area contributed by atoms with E-state index in [1.165, 1.54) is 5.56 Å². The van der Waals surface area contributed by atoms with Gasteiger partial charge in [0.1, 0.15) is 0 Å². The van der Waals surface area contributed by atoms with Gasteiger partial charge in [-0.3, -0.25) is 10.1 Å². The second-order valence-corrected chi connectivity index (χ2v) is 7.68. The zero-order valence-corrected chi connectivity index (χ0v) is 14.4. The van der Waals surface area contributed by atoms with E-state index in [4.69, 9.17) is 11.6 Å². The van der Waals surface area contributed by atoms with Crippen LogP contribution >= 0.6 is 23.4 Å². The third-order valence-electron chi connectivity index (χ3n) is 4.45. The van der Waals surface area contributed by atoms with Gasteiger partial charge in [0.15, 0.2) is 4.87 Å². The summed E-state index contributed by atoms with van der Waals surface area (Å²) in [5.74, 6) is 1.06. The number of rotatable bonds is 2. The average molecular weight is 345 g/mol. The van der Waals surface area contributed by atoms with E-state index in [1.54, 1.807) is 11.8 Å². The van der Waals surface area contributed by atoms with Gasteiger partial charge in [-0.15, -0.1) is 11.8 Å². The normalized spacial score (nSPS) is 22.9. The van der Waals surface area contributed by atoms with Gasteiger partial charge in [-0.2, -0.15) is 0 Å². The molecule has 1 fully saturated rings. The Balaban J connectivity index is 1.80. The Morgan fingerprint density at radius 3 is 2.87 bits per heavy atom. The summed E-state index contributed by atoms with van der Waals surface area (Å²) in [7, 11) is 0. The van der Waals surface area contributed by atoms with E-state index < -0.39 is 4.87 Å². The van der Waals surface area contributed by atoms with E-state index in [0.717, 1.165) is 29.1 Å². The molecule has 2 aliphatic rings. The molecule has 1 unspecified atom stereocenters. The molecule has 0 saturated carbocycles. The summed E-state index contributed by atoms with van der Waals surface area (Å²) < 4.78 is 0. The fourth-order valence-electron chi connectivity index (χ4n) is 3.33. The summed E-state index contributed by atoms with van der Waals surface area (Å²) in [6.07, 6.45) is 0. The van der Waals surface area contributed by atoms with Crippen molar-refractivity contribution in [1.82, 2.24) is 5.32 Å². The van der Waals surface area contributed by atoms with Gasteiger partial charge in [0.25, 0.3) is 5.91 Å². The Kier molecular flexibility index (Phi) is 3.63.